The number of nitrogens with one attached hydrogen (secondary N) is 1. The summed E-state index contributed by atoms with van der Waals surface area (Å²) in [5, 5.41) is 11.0. The average Bonchev–Trinajstić information content (AvgIpc) is 2.40. The third-order valence-electron chi connectivity index (χ3n) is 4.53. The minimum absolute atomic E-state index is 0.355. The molecule has 19 heavy (non-hydrogen) atoms. The Kier molecular flexibility index (Phi) is 4.38. The zero-order valence-corrected chi connectivity index (χ0v) is 12.0. The second-order valence-corrected chi connectivity index (χ2v) is 8.33. The molecule has 6 heteroatoms. The van der Waals surface area contributed by atoms with Crippen LogP contribution in [0.15, 0.2) is 0 Å². The number of hydrogen-bond acceptors (Lipinski definition) is 3. The standard InChI is InChI=1S/C13H23NO4S/c15-12(16)14-13(9-5-2-6-10-13)19(17,18)11-7-3-1-4-8-11/h11,14H,1-10H2,(H,15,16). The van der Waals surface area contributed by atoms with Crippen molar-refractivity contribution in [3.05, 3.63) is 0 Å². The maximum atomic E-state index is 12.9. The molecule has 0 bridgehead atoms. The van der Waals surface area contributed by atoms with E-state index in [4.69, 9.17) is 5.11 Å². The van der Waals surface area contributed by atoms with E-state index in [1.54, 1.807) is 0 Å². The van der Waals surface area contributed by atoms with Gasteiger partial charge in [0.25, 0.3) is 0 Å². The van der Waals surface area contributed by atoms with Crippen molar-refractivity contribution >= 4 is 15.9 Å². The summed E-state index contributed by atoms with van der Waals surface area (Å²) in [5.74, 6) is 0. The average molecular weight is 289 g/mol. The first-order valence-corrected chi connectivity index (χ1v) is 8.77. The molecule has 2 rings (SSSR count). The molecule has 0 unspecified atom stereocenters. The third kappa shape index (κ3) is 2.88. The summed E-state index contributed by atoms with van der Waals surface area (Å²) in [6, 6.07) is 0. The van der Waals surface area contributed by atoms with Crippen LogP contribution in [0.25, 0.3) is 0 Å². The van der Waals surface area contributed by atoms with Gasteiger partial charge in [0.2, 0.25) is 0 Å². The van der Waals surface area contributed by atoms with Crippen molar-refractivity contribution in [3.63, 3.8) is 0 Å². The largest absolute Gasteiger partial charge is 0.465 e. The van der Waals surface area contributed by atoms with E-state index in [-0.39, 0.29) is 5.25 Å². The maximum absolute atomic E-state index is 12.9. The van der Waals surface area contributed by atoms with Crippen molar-refractivity contribution in [2.45, 2.75) is 74.3 Å². The van der Waals surface area contributed by atoms with E-state index in [2.05, 4.69) is 5.32 Å². The van der Waals surface area contributed by atoms with Gasteiger partial charge in [0.05, 0.1) is 5.25 Å². The van der Waals surface area contributed by atoms with Crippen LogP contribution >= 0.6 is 0 Å². The molecule has 2 fully saturated rings. The molecule has 2 aliphatic carbocycles. The molecule has 2 aliphatic rings. The van der Waals surface area contributed by atoms with Crippen LogP contribution in [-0.2, 0) is 9.84 Å². The Labute approximate surface area is 114 Å². The zero-order chi connectivity index (χ0) is 13.9. The minimum atomic E-state index is -3.43. The Bertz CT molecular complexity index is 420. The van der Waals surface area contributed by atoms with E-state index in [0.717, 1.165) is 38.5 Å². The molecule has 0 aliphatic heterocycles. The van der Waals surface area contributed by atoms with E-state index in [1.807, 2.05) is 0 Å². The van der Waals surface area contributed by atoms with Crippen LogP contribution in [0.4, 0.5) is 4.79 Å². The van der Waals surface area contributed by atoms with Gasteiger partial charge in [-0.3, -0.25) is 0 Å². The van der Waals surface area contributed by atoms with Gasteiger partial charge in [0, 0.05) is 0 Å². The van der Waals surface area contributed by atoms with Gasteiger partial charge in [-0.2, -0.15) is 0 Å². The smallest absolute Gasteiger partial charge is 0.405 e. The SMILES string of the molecule is O=C(O)NC1(S(=O)(=O)C2CCCCC2)CCCCC1. The number of carbonyl (C=O) groups is 1. The van der Waals surface area contributed by atoms with Gasteiger partial charge >= 0.3 is 6.09 Å². The highest BCUT2D eigenvalue weighted by atomic mass is 32.2. The summed E-state index contributed by atoms with van der Waals surface area (Å²) in [6.45, 7) is 0. The lowest BCUT2D eigenvalue weighted by molar-refractivity contribution is 0.179. The highest BCUT2D eigenvalue weighted by Crippen LogP contribution is 2.38. The van der Waals surface area contributed by atoms with Crippen LogP contribution in [0.3, 0.4) is 0 Å². The Hall–Kier alpha value is -0.780. The molecule has 2 saturated carbocycles. The molecule has 2 N–H and O–H groups in total. The van der Waals surface area contributed by atoms with Crippen LogP contribution in [0.1, 0.15) is 64.2 Å². The molecular formula is C13H23NO4S. The molecular weight excluding hydrogens is 266 g/mol. The normalized spacial score (nSPS) is 24.8. The molecule has 0 saturated heterocycles. The van der Waals surface area contributed by atoms with Crippen LogP contribution in [0.2, 0.25) is 0 Å². The van der Waals surface area contributed by atoms with Gasteiger partial charge in [0.1, 0.15) is 4.87 Å². The molecule has 0 aromatic rings. The van der Waals surface area contributed by atoms with E-state index in [9.17, 15) is 13.2 Å². The fourth-order valence-corrected chi connectivity index (χ4v) is 6.17. The lowest BCUT2D eigenvalue weighted by atomic mass is 9.95. The van der Waals surface area contributed by atoms with Gasteiger partial charge in [-0.05, 0) is 25.7 Å². The van der Waals surface area contributed by atoms with Gasteiger partial charge in [-0.1, -0.05) is 38.5 Å². The van der Waals surface area contributed by atoms with E-state index < -0.39 is 20.8 Å². The molecule has 0 spiro atoms. The second kappa shape index (κ2) is 5.69. The molecule has 5 nitrogen and oxygen atoms in total. The fourth-order valence-electron chi connectivity index (χ4n) is 3.49. The summed E-state index contributed by atoms with van der Waals surface area (Å²) in [5.41, 5.74) is 0. The lowest BCUT2D eigenvalue weighted by Gasteiger charge is -2.40. The number of amides is 1. The van der Waals surface area contributed by atoms with Crippen molar-refractivity contribution in [3.8, 4) is 0 Å². The molecule has 0 aromatic carbocycles. The summed E-state index contributed by atoms with van der Waals surface area (Å²) < 4.78 is 25.7. The first kappa shape index (κ1) is 14.6. The van der Waals surface area contributed by atoms with Crippen LogP contribution in [0.5, 0.6) is 0 Å². The van der Waals surface area contributed by atoms with E-state index in [0.29, 0.717) is 25.7 Å². The minimum Gasteiger partial charge on any atom is -0.465 e. The van der Waals surface area contributed by atoms with Crippen molar-refractivity contribution in [1.82, 2.24) is 5.32 Å². The van der Waals surface area contributed by atoms with Gasteiger partial charge < -0.3 is 10.4 Å². The lowest BCUT2D eigenvalue weighted by Crippen LogP contribution is -2.58. The predicted molar refractivity (Wildman–Crippen MR) is 72.8 cm³/mol. The van der Waals surface area contributed by atoms with Gasteiger partial charge in [-0.15, -0.1) is 0 Å². The summed E-state index contributed by atoms with van der Waals surface area (Å²) >= 11 is 0. The predicted octanol–water partition coefficient (Wildman–Crippen LogP) is 2.66. The van der Waals surface area contributed by atoms with Gasteiger partial charge in [-0.25, -0.2) is 13.2 Å². The molecule has 0 atom stereocenters. The number of rotatable bonds is 3. The molecule has 0 heterocycles. The molecule has 0 radical (unpaired) electrons. The first-order valence-electron chi connectivity index (χ1n) is 7.22. The van der Waals surface area contributed by atoms with Crippen molar-refractivity contribution in [1.29, 1.82) is 0 Å². The van der Waals surface area contributed by atoms with E-state index >= 15 is 0 Å². The number of carboxylic acid groups (broad SMARTS) is 1. The highest BCUT2D eigenvalue weighted by molar-refractivity contribution is 7.93. The Morgan fingerprint density at radius 2 is 1.53 bits per heavy atom. The van der Waals surface area contributed by atoms with Crippen LogP contribution < -0.4 is 5.32 Å². The Morgan fingerprint density at radius 3 is 2.05 bits per heavy atom. The Morgan fingerprint density at radius 1 is 1.00 bits per heavy atom. The van der Waals surface area contributed by atoms with Crippen molar-refractivity contribution in [2.75, 3.05) is 0 Å². The van der Waals surface area contributed by atoms with E-state index in [1.165, 1.54) is 0 Å². The molecule has 0 aromatic heterocycles. The quantitative estimate of drug-likeness (QED) is 0.836. The summed E-state index contributed by atoms with van der Waals surface area (Å²) in [6.07, 6.45) is 6.53. The Balaban J connectivity index is 2.27. The first-order chi connectivity index (χ1) is 8.98. The molecule has 1 amide bonds. The third-order valence-corrected chi connectivity index (χ3v) is 7.48. The summed E-state index contributed by atoms with van der Waals surface area (Å²) in [4.78, 5) is 9.80. The monoisotopic (exact) mass is 289 g/mol. The highest BCUT2D eigenvalue weighted by Gasteiger charge is 2.49. The summed E-state index contributed by atoms with van der Waals surface area (Å²) in [7, 11) is -3.43. The second-order valence-electron chi connectivity index (χ2n) is 5.79. The van der Waals surface area contributed by atoms with Crippen LogP contribution in [0, 0.1) is 0 Å². The zero-order valence-electron chi connectivity index (χ0n) is 11.2. The topological polar surface area (TPSA) is 83.5 Å². The van der Waals surface area contributed by atoms with Crippen molar-refractivity contribution in [2.24, 2.45) is 0 Å². The van der Waals surface area contributed by atoms with Crippen LogP contribution in [-0.4, -0.2) is 29.7 Å². The number of hydrogen-bond donors (Lipinski definition) is 2. The maximum Gasteiger partial charge on any atom is 0.405 e. The van der Waals surface area contributed by atoms with Gasteiger partial charge in [0.15, 0.2) is 9.84 Å². The molecule has 110 valence electrons. The van der Waals surface area contributed by atoms with Crippen molar-refractivity contribution < 1.29 is 18.3 Å². The fraction of sp³-hybridized carbons (Fsp3) is 0.923. The number of sulfone groups is 1.